The van der Waals surface area contributed by atoms with E-state index in [2.05, 4.69) is 19.9 Å². The van der Waals surface area contributed by atoms with Crippen molar-refractivity contribution in [1.29, 1.82) is 0 Å². The molecule has 0 aromatic carbocycles. The van der Waals surface area contributed by atoms with Gasteiger partial charge in [0.25, 0.3) is 0 Å². The highest BCUT2D eigenvalue weighted by atomic mass is 16.3. The maximum absolute atomic E-state index is 10.9. The molecule has 1 aliphatic rings. The third-order valence-corrected chi connectivity index (χ3v) is 6.59. The summed E-state index contributed by atoms with van der Waals surface area (Å²) in [4.78, 5) is 17.3. The predicted octanol–water partition coefficient (Wildman–Crippen LogP) is 1.84. The number of hydrogen-bond donors (Lipinski definition) is 4. The van der Waals surface area contributed by atoms with Crippen molar-refractivity contribution in [3.8, 4) is 0 Å². The van der Waals surface area contributed by atoms with Crippen LogP contribution in [0, 0.1) is 5.41 Å². The van der Waals surface area contributed by atoms with Crippen molar-refractivity contribution in [3.63, 3.8) is 0 Å². The molecule has 1 aliphatic carbocycles. The summed E-state index contributed by atoms with van der Waals surface area (Å²) in [5.41, 5.74) is 13.4. The van der Waals surface area contributed by atoms with E-state index in [1.54, 1.807) is 6.07 Å². The first kappa shape index (κ1) is 19.7. The van der Waals surface area contributed by atoms with Gasteiger partial charge in [-0.2, -0.15) is 0 Å². The molecule has 31 heavy (non-hydrogen) atoms. The first-order valence-corrected chi connectivity index (χ1v) is 10.3. The van der Waals surface area contributed by atoms with Crippen LogP contribution in [0.2, 0.25) is 0 Å². The molecule has 1 saturated carbocycles. The van der Waals surface area contributed by atoms with Crippen LogP contribution in [0.5, 0.6) is 0 Å². The molecule has 9 heteroatoms. The number of anilines is 2. The average molecular weight is 419 g/mol. The lowest BCUT2D eigenvalue weighted by Gasteiger charge is -2.28. The first-order valence-electron chi connectivity index (χ1n) is 10.3. The number of pyridine rings is 2. The maximum Gasteiger partial charge on any atom is 0.161 e. The largest absolute Gasteiger partial charge is 0.390 e. The lowest BCUT2D eigenvalue weighted by atomic mass is 9.81. The van der Waals surface area contributed by atoms with Crippen molar-refractivity contribution in [3.05, 3.63) is 48.5 Å². The third kappa shape index (κ3) is 3.26. The molecule has 0 aliphatic heterocycles. The molecule has 4 aromatic heterocycles. The number of rotatable bonds is 4. The molecule has 0 unspecified atom stereocenters. The lowest BCUT2D eigenvalue weighted by molar-refractivity contribution is -0.0242. The number of aryl methyl sites for hydroxylation is 1. The van der Waals surface area contributed by atoms with E-state index in [-0.39, 0.29) is 6.04 Å². The van der Waals surface area contributed by atoms with Crippen molar-refractivity contribution < 1.29 is 10.2 Å². The number of nitrogens with zero attached hydrogens (tertiary/aromatic N) is 5. The molecule has 1 fully saturated rings. The zero-order valence-electron chi connectivity index (χ0n) is 17.2. The number of hydrogen-bond acceptors (Lipinski definition) is 8. The summed E-state index contributed by atoms with van der Waals surface area (Å²) in [5, 5.41) is 23.5. The molecule has 5 rings (SSSR count). The van der Waals surface area contributed by atoms with Crippen LogP contribution in [0.3, 0.4) is 0 Å². The van der Waals surface area contributed by atoms with Crippen molar-refractivity contribution in [2.75, 3.05) is 11.5 Å². The fourth-order valence-electron chi connectivity index (χ4n) is 4.72. The van der Waals surface area contributed by atoms with Gasteiger partial charge in [0.15, 0.2) is 5.65 Å². The van der Waals surface area contributed by atoms with E-state index in [1.165, 1.54) is 6.33 Å². The molecule has 0 bridgehead atoms. The van der Waals surface area contributed by atoms with Crippen LogP contribution >= 0.6 is 0 Å². The van der Waals surface area contributed by atoms with Gasteiger partial charge < -0.3 is 26.2 Å². The van der Waals surface area contributed by atoms with E-state index in [0.29, 0.717) is 42.2 Å². The molecule has 4 aromatic rings. The van der Waals surface area contributed by atoms with Crippen LogP contribution < -0.4 is 11.5 Å². The van der Waals surface area contributed by atoms with Crippen LogP contribution in [0.4, 0.5) is 11.6 Å². The van der Waals surface area contributed by atoms with E-state index in [9.17, 15) is 10.2 Å². The number of nitrogen functional groups attached to an aromatic ring is 2. The summed E-state index contributed by atoms with van der Waals surface area (Å²) in [7, 11) is 0. The van der Waals surface area contributed by atoms with Crippen LogP contribution in [0.25, 0.3) is 22.1 Å². The van der Waals surface area contributed by atoms with Crippen molar-refractivity contribution in [1.82, 2.24) is 24.5 Å². The Morgan fingerprint density at radius 3 is 2.74 bits per heavy atom. The molecule has 6 N–H and O–H groups in total. The van der Waals surface area contributed by atoms with E-state index in [4.69, 9.17) is 11.5 Å². The zero-order chi connectivity index (χ0) is 21.8. The van der Waals surface area contributed by atoms with Crippen LogP contribution in [0.1, 0.15) is 31.5 Å². The Kier molecular flexibility index (Phi) is 4.53. The fourth-order valence-corrected chi connectivity index (χ4v) is 4.72. The van der Waals surface area contributed by atoms with Crippen LogP contribution in [-0.2, 0) is 6.42 Å². The summed E-state index contributed by atoms with van der Waals surface area (Å²) in [6.07, 6.45) is 3.40. The number of aliphatic hydroxyl groups excluding tert-OH is 2. The summed E-state index contributed by atoms with van der Waals surface area (Å²) in [6.45, 7) is 2.01. The van der Waals surface area contributed by atoms with Gasteiger partial charge in [-0.25, -0.2) is 19.9 Å². The third-order valence-electron chi connectivity index (χ3n) is 6.59. The fraction of sp³-hybridized carbons (Fsp3) is 0.364. The van der Waals surface area contributed by atoms with Crippen molar-refractivity contribution in [2.24, 2.45) is 5.41 Å². The first-order chi connectivity index (χ1) is 14.9. The SMILES string of the molecule is C[C@]1(CCc2ccc3ccc(N)nc3n2)C[C@@H](n2ccc3c(N)ncnc32)[C@H](O)[C@@H]1O. The Morgan fingerprint density at radius 2 is 1.90 bits per heavy atom. The normalized spacial score (nSPS) is 26.1. The summed E-state index contributed by atoms with van der Waals surface area (Å²) in [6, 6.07) is 9.14. The molecular formula is C22H25N7O2. The molecule has 0 radical (unpaired) electrons. The summed E-state index contributed by atoms with van der Waals surface area (Å²) >= 11 is 0. The number of aliphatic hydroxyl groups is 2. The summed E-state index contributed by atoms with van der Waals surface area (Å²) in [5.74, 6) is 0.834. The van der Waals surface area contributed by atoms with Gasteiger partial charge in [-0.3, -0.25) is 0 Å². The number of aromatic nitrogens is 5. The highest BCUT2D eigenvalue weighted by Gasteiger charge is 2.50. The second-order valence-corrected chi connectivity index (χ2v) is 8.67. The minimum absolute atomic E-state index is 0.308. The quantitative estimate of drug-likeness (QED) is 0.391. The maximum atomic E-state index is 10.9. The molecule has 0 spiro atoms. The van der Waals surface area contributed by atoms with Gasteiger partial charge in [-0.15, -0.1) is 0 Å². The molecule has 0 amide bonds. The Bertz CT molecular complexity index is 1270. The van der Waals surface area contributed by atoms with Gasteiger partial charge in [0.05, 0.1) is 17.5 Å². The van der Waals surface area contributed by atoms with Gasteiger partial charge >= 0.3 is 0 Å². The van der Waals surface area contributed by atoms with E-state index in [0.717, 1.165) is 16.5 Å². The second kappa shape index (κ2) is 7.14. The van der Waals surface area contributed by atoms with Crippen molar-refractivity contribution in [2.45, 2.75) is 44.4 Å². The molecule has 0 saturated heterocycles. The van der Waals surface area contributed by atoms with Gasteiger partial charge in [0, 0.05) is 17.3 Å². The lowest BCUT2D eigenvalue weighted by Crippen LogP contribution is -2.35. The van der Waals surface area contributed by atoms with Crippen LogP contribution in [-0.4, -0.2) is 46.9 Å². The topological polar surface area (TPSA) is 149 Å². The zero-order valence-corrected chi connectivity index (χ0v) is 17.2. The predicted molar refractivity (Wildman–Crippen MR) is 118 cm³/mol. The standard InChI is InChI=1S/C22H25N7O2/c1-22(8-6-13-4-2-12-3-5-16(23)28-20(12)27-13)10-15(17(30)18(22)31)29-9-7-14-19(24)25-11-26-21(14)29/h2-5,7,9,11,15,17-18,30-31H,6,8,10H2,1H3,(H2,23,27,28)(H2,24,25,26)/t15-,17+,18+,22+/m1/s1. The highest BCUT2D eigenvalue weighted by Crippen LogP contribution is 2.48. The highest BCUT2D eigenvalue weighted by molar-refractivity contribution is 5.86. The molecule has 4 atom stereocenters. The second-order valence-electron chi connectivity index (χ2n) is 8.67. The van der Waals surface area contributed by atoms with Gasteiger partial charge in [0.2, 0.25) is 0 Å². The van der Waals surface area contributed by atoms with E-state index < -0.39 is 17.6 Å². The Labute approximate surface area is 178 Å². The molecule has 160 valence electrons. The Hall–Kier alpha value is -3.30. The van der Waals surface area contributed by atoms with Crippen molar-refractivity contribution >= 4 is 33.7 Å². The molecular weight excluding hydrogens is 394 g/mol. The minimum Gasteiger partial charge on any atom is -0.390 e. The number of nitrogens with two attached hydrogens (primary N) is 2. The summed E-state index contributed by atoms with van der Waals surface area (Å²) < 4.78 is 1.90. The van der Waals surface area contributed by atoms with E-state index in [1.807, 2.05) is 42.0 Å². The average Bonchev–Trinajstić information content (AvgIpc) is 3.28. The van der Waals surface area contributed by atoms with Gasteiger partial charge in [-0.05, 0) is 55.0 Å². The van der Waals surface area contributed by atoms with Gasteiger partial charge in [-0.1, -0.05) is 6.92 Å². The molecule has 9 nitrogen and oxygen atoms in total. The monoisotopic (exact) mass is 419 g/mol. The van der Waals surface area contributed by atoms with Crippen LogP contribution in [0.15, 0.2) is 42.9 Å². The number of fused-ring (bicyclic) bond motifs is 2. The minimum atomic E-state index is -0.914. The van der Waals surface area contributed by atoms with E-state index >= 15 is 0 Å². The van der Waals surface area contributed by atoms with Gasteiger partial charge in [0.1, 0.15) is 29.7 Å². The smallest absolute Gasteiger partial charge is 0.161 e. The Morgan fingerprint density at radius 1 is 1.10 bits per heavy atom. The Balaban J connectivity index is 1.39. The molecule has 4 heterocycles.